The molecule has 1 saturated carbocycles. The van der Waals surface area contributed by atoms with Crippen LogP contribution in [0, 0.1) is 0 Å². The molecule has 3 rings (SSSR count). The second-order valence-electron chi connectivity index (χ2n) is 4.75. The Labute approximate surface area is 110 Å². The van der Waals surface area contributed by atoms with Gasteiger partial charge in [0.15, 0.2) is 0 Å². The Morgan fingerprint density at radius 2 is 1.94 bits per heavy atom. The zero-order valence-electron chi connectivity index (χ0n) is 9.97. The van der Waals surface area contributed by atoms with Crippen LogP contribution in [0.5, 0.6) is 0 Å². The third-order valence-corrected chi connectivity index (χ3v) is 4.59. The van der Waals surface area contributed by atoms with E-state index >= 15 is 0 Å². The Morgan fingerprint density at radius 3 is 2.61 bits per heavy atom. The van der Waals surface area contributed by atoms with E-state index in [1.807, 2.05) is 12.1 Å². The number of nitrogens with zero attached hydrogens (tertiary/aromatic N) is 2. The molecule has 0 unspecified atom stereocenters. The van der Waals surface area contributed by atoms with E-state index < -0.39 is 5.60 Å². The lowest BCUT2D eigenvalue weighted by molar-refractivity contribution is 0.0442. The quantitative estimate of drug-likeness (QED) is 0.871. The fraction of sp³-hybridized carbons (Fsp3) is 0.385. The van der Waals surface area contributed by atoms with E-state index in [-0.39, 0.29) is 0 Å². The highest BCUT2D eigenvalue weighted by Gasteiger charge is 2.35. The Morgan fingerprint density at radius 1 is 1.17 bits per heavy atom. The van der Waals surface area contributed by atoms with E-state index in [4.69, 9.17) is 5.73 Å². The van der Waals surface area contributed by atoms with Gasteiger partial charge < -0.3 is 10.8 Å². The molecule has 1 aliphatic rings. The number of pyridine rings is 1. The lowest BCUT2D eigenvalue weighted by atomic mass is 10.0. The van der Waals surface area contributed by atoms with E-state index in [1.54, 1.807) is 12.4 Å². The van der Waals surface area contributed by atoms with Gasteiger partial charge in [-0.2, -0.15) is 0 Å². The van der Waals surface area contributed by atoms with Crippen LogP contribution in [0.2, 0.25) is 0 Å². The first-order chi connectivity index (χ1) is 8.67. The van der Waals surface area contributed by atoms with Crippen molar-refractivity contribution in [2.75, 3.05) is 5.73 Å². The van der Waals surface area contributed by atoms with Gasteiger partial charge in [-0.25, -0.2) is 4.98 Å². The van der Waals surface area contributed by atoms with Gasteiger partial charge in [-0.1, -0.05) is 12.8 Å². The van der Waals surface area contributed by atoms with Gasteiger partial charge in [0.05, 0.1) is 22.5 Å². The molecule has 4 nitrogen and oxygen atoms in total. The lowest BCUT2D eigenvalue weighted by Gasteiger charge is -2.18. The van der Waals surface area contributed by atoms with Crippen LogP contribution in [-0.4, -0.2) is 15.1 Å². The minimum Gasteiger partial charge on any atom is -0.397 e. The van der Waals surface area contributed by atoms with Crippen molar-refractivity contribution in [1.82, 2.24) is 9.97 Å². The van der Waals surface area contributed by atoms with Crippen LogP contribution in [0.25, 0.3) is 10.6 Å². The smallest absolute Gasteiger partial charge is 0.125 e. The maximum Gasteiger partial charge on any atom is 0.125 e. The molecule has 0 saturated heterocycles. The summed E-state index contributed by atoms with van der Waals surface area (Å²) >= 11 is 1.52. The normalized spacial score (nSPS) is 18.1. The number of thiazole rings is 1. The van der Waals surface area contributed by atoms with E-state index in [1.165, 1.54) is 11.3 Å². The average Bonchev–Trinajstić information content (AvgIpc) is 2.99. The fourth-order valence-corrected chi connectivity index (χ4v) is 3.37. The van der Waals surface area contributed by atoms with Gasteiger partial charge in [0, 0.05) is 6.20 Å². The summed E-state index contributed by atoms with van der Waals surface area (Å²) in [6.07, 6.45) is 7.20. The average molecular weight is 261 g/mol. The van der Waals surface area contributed by atoms with Crippen LogP contribution < -0.4 is 5.73 Å². The number of hydrogen-bond donors (Lipinski definition) is 2. The Balaban J connectivity index is 1.91. The van der Waals surface area contributed by atoms with Gasteiger partial charge in [-0.15, -0.1) is 11.3 Å². The summed E-state index contributed by atoms with van der Waals surface area (Å²) in [7, 11) is 0. The van der Waals surface area contributed by atoms with E-state index in [0.29, 0.717) is 5.69 Å². The monoisotopic (exact) mass is 261 g/mol. The molecule has 0 aromatic carbocycles. The van der Waals surface area contributed by atoms with Crippen molar-refractivity contribution >= 4 is 17.0 Å². The Kier molecular flexibility index (Phi) is 2.80. The van der Waals surface area contributed by atoms with Crippen molar-refractivity contribution in [3.8, 4) is 10.6 Å². The molecule has 2 aromatic heterocycles. The predicted molar refractivity (Wildman–Crippen MR) is 72.1 cm³/mol. The van der Waals surface area contributed by atoms with Gasteiger partial charge in [0.2, 0.25) is 0 Å². The maximum atomic E-state index is 10.5. The third-order valence-electron chi connectivity index (χ3n) is 3.37. The van der Waals surface area contributed by atoms with Crippen LogP contribution in [-0.2, 0) is 5.60 Å². The molecule has 0 spiro atoms. The zero-order valence-corrected chi connectivity index (χ0v) is 10.8. The molecule has 5 heteroatoms. The lowest BCUT2D eigenvalue weighted by Crippen LogP contribution is -2.20. The van der Waals surface area contributed by atoms with Gasteiger partial charge in [-0.3, -0.25) is 4.98 Å². The Bertz CT molecular complexity index is 544. The number of aromatic nitrogens is 2. The molecule has 0 radical (unpaired) electrons. The molecule has 18 heavy (non-hydrogen) atoms. The molecule has 0 bridgehead atoms. The largest absolute Gasteiger partial charge is 0.397 e. The topological polar surface area (TPSA) is 72.0 Å². The number of aliphatic hydroxyl groups is 1. The molecular formula is C13H15N3OS. The summed E-state index contributed by atoms with van der Waals surface area (Å²) in [6, 6.07) is 3.71. The second-order valence-corrected chi connectivity index (χ2v) is 5.78. The van der Waals surface area contributed by atoms with Crippen LogP contribution in [0.4, 0.5) is 5.69 Å². The summed E-state index contributed by atoms with van der Waals surface area (Å²) < 4.78 is 0. The van der Waals surface area contributed by atoms with Crippen molar-refractivity contribution in [2.45, 2.75) is 31.3 Å². The van der Waals surface area contributed by atoms with Crippen LogP contribution >= 0.6 is 11.3 Å². The van der Waals surface area contributed by atoms with Crippen molar-refractivity contribution in [3.05, 3.63) is 29.5 Å². The van der Waals surface area contributed by atoms with Crippen molar-refractivity contribution in [3.63, 3.8) is 0 Å². The first-order valence-electron chi connectivity index (χ1n) is 6.08. The summed E-state index contributed by atoms with van der Waals surface area (Å²) in [5.74, 6) is 0. The summed E-state index contributed by atoms with van der Waals surface area (Å²) in [6.45, 7) is 0. The maximum absolute atomic E-state index is 10.5. The number of anilines is 1. The van der Waals surface area contributed by atoms with Crippen LogP contribution in [0.3, 0.4) is 0 Å². The SMILES string of the molecule is Nc1ccc(-c2cnc(C3(O)CCCC3)s2)nc1. The first-order valence-corrected chi connectivity index (χ1v) is 6.90. The van der Waals surface area contributed by atoms with Crippen LogP contribution in [0.1, 0.15) is 30.7 Å². The number of rotatable bonds is 2. The highest BCUT2D eigenvalue weighted by atomic mass is 32.1. The molecule has 94 valence electrons. The van der Waals surface area contributed by atoms with E-state index in [2.05, 4.69) is 9.97 Å². The summed E-state index contributed by atoms with van der Waals surface area (Å²) in [5, 5.41) is 11.3. The van der Waals surface area contributed by atoms with E-state index in [9.17, 15) is 5.11 Å². The number of hydrogen-bond acceptors (Lipinski definition) is 5. The second kappa shape index (κ2) is 4.33. The molecule has 0 aliphatic heterocycles. The summed E-state index contributed by atoms with van der Waals surface area (Å²) in [4.78, 5) is 9.62. The number of nitrogen functional groups attached to an aromatic ring is 1. The minimum atomic E-state index is -0.712. The fourth-order valence-electron chi connectivity index (χ4n) is 2.33. The highest BCUT2D eigenvalue weighted by Crippen LogP contribution is 2.41. The molecule has 2 heterocycles. The molecule has 1 aliphatic carbocycles. The Hall–Kier alpha value is -1.46. The molecule has 1 fully saturated rings. The minimum absolute atomic E-state index is 0.651. The molecule has 2 aromatic rings. The third kappa shape index (κ3) is 2.00. The molecule has 3 N–H and O–H groups in total. The summed E-state index contributed by atoms with van der Waals surface area (Å²) in [5.41, 5.74) is 6.41. The van der Waals surface area contributed by atoms with E-state index in [0.717, 1.165) is 41.3 Å². The number of nitrogens with two attached hydrogens (primary N) is 1. The van der Waals surface area contributed by atoms with Gasteiger partial charge >= 0.3 is 0 Å². The van der Waals surface area contributed by atoms with Crippen molar-refractivity contribution < 1.29 is 5.11 Å². The standard InChI is InChI=1S/C13H15N3OS/c14-9-3-4-10(15-7-9)11-8-16-12(18-11)13(17)5-1-2-6-13/h3-4,7-8,17H,1-2,5-6,14H2. The van der Waals surface area contributed by atoms with Gasteiger partial charge in [-0.05, 0) is 25.0 Å². The van der Waals surface area contributed by atoms with Crippen molar-refractivity contribution in [2.24, 2.45) is 0 Å². The van der Waals surface area contributed by atoms with Gasteiger partial charge in [0.25, 0.3) is 0 Å². The van der Waals surface area contributed by atoms with Gasteiger partial charge in [0.1, 0.15) is 10.6 Å². The molecule has 0 amide bonds. The molecular weight excluding hydrogens is 246 g/mol. The predicted octanol–water partition coefficient (Wildman–Crippen LogP) is 2.55. The van der Waals surface area contributed by atoms with Crippen LogP contribution in [0.15, 0.2) is 24.5 Å². The molecule has 0 atom stereocenters. The zero-order chi connectivity index (χ0) is 12.6. The highest BCUT2D eigenvalue weighted by molar-refractivity contribution is 7.15. The first kappa shape index (κ1) is 11.6. The van der Waals surface area contributed by atoms with Crippen molar-refractivity contribution in [1.29, 1.82) is 0 Å².